The van der Waals surface area contributed by atoms with Crippen LogP contribution in [-0.4, -0.2) is 41.6 Å². The summed E-state index contributed by atoms with van der Waals surface area (Å²) in [5.41, 5.74) is 11.2. The Morgan fingerprint density at radius 2 is 1.61 bits per heavy atom. The van der Waals surface area contributed by atoms with E-state index in [1.54, 1.807) is 0 Å². The van der Waals surface area contributed by atoms with Gasteiger partial charge < -0.3 is 15.2 Å². The molecular weight excluding hydrogens is 408 g/mol. The number of carbonyl (C=O) groups is 1. The Bertz CT molecular complexity index is 1300. The number of fused-ring (bicyclic) bond motifs is 3. The van der Waals surface area contributed by atoms with Crippen molar-refractivity contribution in [1.29, 1.82) is 0 Å². The van der Waals surface area contributed by atoms with E-state index in [4.69, 9.17) is 5.73 Å². The van der Waals surface area contributed by atoms with Crippen LogP contribution in [0.4, 0.5) is 5.69 Å². The van der Waals surface area contributed by atoms with Gasteiger partial charge in [-0.2, -0.15) is 0 Å². The summed E-state index contributed by atoms with van der Waals surface area (Å²) < 4.78 is 2.45. The Balaban J connectivity index is 1.54. The lowest BCUT2D eigenvalue weighted by Crippen LogP contribution is -2.49. The van der Waals surface area contributed by atoms with Crippen molar-refractivity contribution in [3.05, 3.63) is 77.9 Å². The molecule has 1 amide bonds. The second-order valence-electron chi connectivity index (χ2n) is 9.06. The maximum absolute atomic E-state index is 12.0. The van der Waals surface area contributed by atoms with Gasteiger partial charge in [-0.05, 0) is 43.2 Å². The molecular formula is C28H32N4O. The molecule has 5 rings (SSSR count). The normalized spacial score (nSPS) is 15.9. The second-order valence-corrected chi connectivity index (χ2v) is 9.06. The van der Waals surface area contributed by atoms with Gasteiger partial charge >= 0.3 is 0 Å². The van der Waals surface area contributed by atoms with Crippen LogP contribution >= 0.6 is 0 Å². The number of carbonyl (C=O) groups excluding carboxylic acids is 1. The van der Waals surface area contributed by atoms with Crippen molar-refractivity contribution in [2.24, 2.45) is 5.73 Å². The van der Waals surface area contributed by atoms with E-state index in [2.05, 4.69) is 76.7 Å². The summed E-state index contributed by atoms with van der Waals surface area (Å²) in [7, 11) is 0. The van der Waals surface area contributed by atoms with Crippen molar-refractivity contribution >= 4 is 33.4 Å². The number of rotatable bonds is 6. The highest BCUT2D eigenvalue weighted by Gasteiger charge is 2.27. The Hall–Kier alpha value is -3.31. The van der Waals surface area contributed by atoms with E-state index in [0.29, 0.717) is 5.56 Å². The number of anilines is 1. The number of aromatic nitrogens is 1. The van der Waals surface area contributed by atoms with Crippen molar-refractivity contribution in [2.75, 3.05) is 31.1 Å². The Kier molecular flexibility index (Phi) is 5.81. The third-order valence-corrected chi connectivity index (χ3v) is 7.03. The van der Waals surface area contributed by atoms with E-state index in [9.17, 15) is 4.79 Å². The fraction of sp³-hybridized carbons (Fsp3) is 0.321. The summed E-state index contributed by atoms with van der Waals surface area (Å²) in [5.74, 6) is -0.382. The van der Waals surface area contributed by atoms with E-state index in [1.165, 1.54) is 27.5 Å². The van der Waals surface area contributed by atoms with E-state index in [-0.39, 0.29) is 12.1 Å². The summed E-state index contributed by atoms with van der Waals surface area (Å²) in [6.45, 7) is 8.46. The number of primary amides is 1. The van der Waals surface area contributed by atoms with Gasteiger partial charge in [-0.15, -0.1) is 0 Å². The maximum Gasteiger partial charge on any atom is 0.248 e. The lowest BCUT2D eigenvalue weighted by atomic mass is 10.1. The van der Waals surface area contributed by atoms with Crippen LogP contribution in [0.25, 0.3) is 21.8 Å². The average Bonchev–Trinajstić information content (AvgIpc) is 3.16. The highest BCUT2D eigenvalue weighted by molar-refractivity contribution is 6.10. The summed E-state index contributed by atoms with van der Waals surface area (Å²) in [6, 6.07) is 23.1. The molecule has 5 heteroatoms. The minimum absolute atomic E-state index is 0.236. The molecule has 0 saturated carbocycles. The highest BCUT2D eigenvalue weighted by Crippen LogP contribution is 2.36. The van der Waals surface area contributed by atoms with Crippen LogP contribution in [0.5, 0.6) is 0 Å². The van der Waals surface area contributed by atoms with E-state index in [1.807, 2.05) is 18.2 Å². The molecule has 1 saturated heterocycles. The van der Waals surface area contributed by atoms with Crippen LogP contribution in [-0.2, 0) is 0 Å². The third-order valence-electron chi connectivity index (χ3n) is 7.03. The molecule has 3 aromatic carbocycles. The van der Waals surface area contributed by atoms with Gasteiger partial charge in [-0.25, -0.2) is 0 Å². The van der Waals surface area contributed by atoms with Gasteiger partial charge in [0.1, 0.15) is 0 Å². The molecule has 1 aliphatic rings. The fourth-order valence-corrected chi connectivity index (χ4v) is 5.39. The van der Waals surface area contributed by atoms with E-state index < -0.39 is 0 Å². The summed E-state index contributed by atoms with van der Waals surface area (Å²) in [4.78, 5) is 17.1. The minimum Gasteiger partial charge on any atom is -0.369 e. The topological polar surface area (TPSA) is 54.5 Å². The number of hydrogen-bond donors (Lipinski definition) is 1. The zero-order valence-corrected chi connectivity index (χ0v) is 19.5. The van der Waals surface area contributed by atoms with Gasteiger partial charge in [-0.3, -0.25) is 9.69 Å². The lowest BCUT2D eigenvalue weighted by Gasteiger charge is -2.41. The van der Waals surface area contributed by atoms with Crippen molar-refractivity contribution in [3.8, 4) is 0 Å². The molecule has 1 atom stereocenters. The Morgan fingerprint density at radius 3 is 2.33 bits per heavy atom. The van der Waals surface area contributed by atoms with Crippen molar-refractivity contribution in [1.82, 2.24) is 9.47 Å². The quantitative estimate of drug-likeness (QED) is 0.441. The SMILES string of the molecule is CCCC(N1CCN(c2ccccc2C)CC1)n1c2ccccc2c2ccc(C(N)=O)cc21. The first-order valence-electron chi connectivity index (χ1n) is 12.0. The smallest absolute Gasteiger partial charge is 0.248 e. The first-order chi connectivity index (χ1) is 16.1. The molecule has 4 aromatic rings. The number of amides is 1. The van der Waals surface area contributed by atoms with Crippen LogP contribution < -0.4 is 10.6 Å². The molecule has 33 heavy (non-hydrogen) atoms. The van der Waals surface area contributed by atoms with Gasteiger partial charge in [0.05, 0.1) is 17.2 Å². The van der Waals surface area contributed by atoms with Crippen molar-refractivity contribution in [3.63, 3.8) is 0 Å². The van der Waals surface area contributed by atoms with Crippen molar-refractivity contribution < 1.29 is 4.79 Å². The molecule has 0 radical (unpaired) electrons. The number of para-hydroxylation sites is 2. The Morgan fingerprint density at radius 1 is 0.909 bits per heavy atom. The van der Waals surface area contributed by atoms with Gasteiger partial charge in [0.15, 0.2) is 0 Å². The molecule has 1 unspecified atom stereocenters. The summed E-state index contributed by atoms with van der Waals surface area (Å²) >= 11 is 0. The second kappa shape index (κ2) is 8.91. The lowest BCUT2D eigenvalue weighted by molar-refractivity contribution is 0.1000. The van der Waals surface area contributed by atoms with Crippen LogP contribution in [0.3, 0.4) is 0 Å². The number of piperazine rings is 1. The maximum atomic E-state index is 12.0. The molecule has 170 valence electrons. The zero-order valence-electron chi connectivity index (χ0n) is 19.5. The molecule has 2 N–H and O–H groups in total. The minimum atomic E-state index is -0.382. The molecule has 2 heterocycles. The van der Waals surface area contributed by atoms with Gasteiger partial charge in [0.2, 0.25) is 5.91 Å². The molecule has 0 spiro atoms. The third kappa shape index (κ3) is 3.87. The van der Waals surface area contributed by atoms with Crippen LogP contribution in [0.2, 0.25) is 0 Å². The molecule has 1 fully saturated rings. The standard InChI is InChI=1S/C28H32N4O/c1-3-8-27(31-17-15-30(16-18-31)24-11-6-4-9-20(24)2)32-25-12-7-5-10-22(25)23-14-13-21(28(29)33)19-26(23)32/h4-7,9-14,19,27H,3,8,15-18H2,1-2H3,(H2,29,33). The van der Waals surface area contributed by atoms with Gasteiger partial charge in [0.25, 0.3) is 0 Å². The van der Waals surface area contributed by atoms with E-state index in [0.717, 1.165) is 44.5 Å². The predicted octanol–water partition coefficient (Wildman–Crippen LogP) is 5.32. The Labute approximate surface area is 195 Å². The molecule has 0 bridgehead atoms. The number of nitrogens with zero attached hydrogens (tertiary/aromatic N) is 3. The largest absolute Gasteiger partial charge is 0.369 e. The first-order valence-corrected chi connectivity index (χ1v) is 12.0. The van der Waals surface area contributed by atoms with Crippen molar-refractivity contribution in [2.45, 2.75) is 32.9 Å². The highest BCUT2D eigenvalue weighted by atomic mass is 16.1. The zero-order chi connectivity index (χ0) is 22.9. The number of nitrogens with two attached hydrogens (primary N) is 1. The molecule has 1 aromatic heterocycles. The average molecular weight is 441 g/mol. The number of aryl methyl sites for hydroxylation is 1. The first kappa shape index (κ1) is 21.5. The summed E-state index contributed by atoms with van der Waals surface area (Å²) in [5, 5.41) is 2.40. The predicted molar refractivity (Wildman–Crippen MR) is 137 cm³/mol. The van der Waals surface area contributed by atoms with Crippen LogP contribution in [0, 0.1) is 6.92 Å². The molecule has 0 aliphatic carbocycles. The summed E-state index contributed by atoms with van der Waals surface area (Å²) in [6.07, 6.45) is 2.38. The molecule has 1 aliphatic heterocycles. The fourth-order valence-electron chi connectivity index (χ4n) is 5.39. The van der Waals surface area contributed by atoms with Gasteiger partial charge in [-0.1, -0.05) is 55.8 Å². The van der Waals surface area contributed by atoms with Gasteiger partial charge in [0, 0.05) is 48.2 Å². The number of benzene rings is 3. The monoisotopic (exact) mass is 440 g/mol. The van der Waals surface area contributed by atoms with Crippen LogP contribution in [0.15, 0.2) is 66.7 Å². The van der Waals surface area contributed by atoms with E-state index >= 15 is 0 Å². The number of hydrogen-bond acceptors (Lipinski definition) is 3. The molecule has 5 nitrogen and oxygen atoms in total. The van der Waals surface area contributed by atoms with Crippen LogP contribution in [0.1, 0.15) is 41.9 Å².